The first-order chi connectivity index (χ1) is 10.0. The second-order valence-corrected chi connectivity index (χ2v) is 6.85. The van der Waals surface area contributed by atoms with Crippen LogP contribution in [0.2, 0.25) is 0 Å². The molecule has 0 aromatic rings. The molecule has 21 heavy (non-hydrogen) atoms. The molecular weight excluding hydrogens is 266 g/mol. The number of likely N-dealkylation sites (tertiary alicyclic amines) is 1. The van der Waals surface area contributed by atoms with Crippen LogP contribution in [-0.2, 0) is 9.59 Å². The van der Waals surface area contributed by atoms with Crippen molar-refractivity contribution in [3.8, 4) is 0 Å². The van der Waals surface area contributed by atoms with Crippen LogP contribution in [0.5, 0.6) is 0 Å². The number of amides is 2. The Morgan fingerprint density at radius 1 is 1.33 bits per heavy atom. The lowest BCUT2D eigenvalue weighted by Gasteiger charge is -2.36. The van der Waals surface area contributed by atoms with Crippen molar-refractivity contribution < 1.29 is 9.59 Å². The maximum absolute atomic E-state index is 12.3. The molecule has 1 heterocycles. The van der Waals surface area contributed by atoms with Crippen LogP contribution in [0.15, 0.2) is 0 Å². The van der Waals surface area contributed by atoms with E-state index in [9.17, 15) is 9.59 Å². The Labute approximate surface area is 127 Å². The Bertz CT molecular complexity index is 378. The Balaban J connectivity index is 1.78. The minimum absolute atomic E-state index is 0.00547. The Kier molecular flexibility index (Phi) is 5.62. The minimum Gasteiger partial charge on any atom is -0.352 e. The van der Waals surface area contributed by atoms with Crippen LogP contribution in [0.25, 0.3) is 0 Å². The highest BCUT2D eigenvalue weighted by atomic mass is 16.2. The second kappa shape index (κ2) is 7.25. The Morgan fingerprint density at radius 3 is 2.62 bits per heavy atom. The lowest BCUT2D eigenvalue weighted by Crippen LogP contribution is -2.45. The average molecular weight is 295 g/mol. The van der Waals surface area contributed by atoms with Gasteiger partial charge in [0, 0.05) is 32.0 Å². The van der Waals surface area contributed by atoms with Crippen LogP contribution in [0.1, 0.15) is 58.3 Å². The van der Waals surface area contributed by atoms with Crippen molar-refractivity contribution in [3.05, 3.63) is 0 Å². The SMILES string of the molecule is CC(CN1CCCC1=O)NC(=O)CC1(CN)CCCCC1. The van der Waals surface area contributed by atoms with Gasteiger partial charge in [-0.25, -0.2) is 0 Å². The number of carbonyl (C=O) groups is 2. The van der Waals surface area contributed by atoms with Gasteiger partial charge in [0.25, 0.3) is 0 Å². The van der Waals surface area contributed by atoms with Crippen LogP contribution in [0.3, 0.4) is 0 Å². The predicted molar refractivity (Wildman–Crippen MR) is 82.6 cm³/mol. The van der Waals surface area contributed by atoms with Crippen molar-refractivity contribution in [1.82, 2.24) is 10.2 Å². The molecule has 0 spiro atoms. The van der Waals surface area contributed by atoms with Crippen LogP contribution < -0.4 is 11.1 Å². The van der Waals surface area contributed by atoms with Gasteiger partial charge >= 0.3 is 0 Å². The number of nitrogens with zero attached hydrogens (tertiary/aromatic N) is 1. The molecule has 5 nitrogen and oxygen atoms in total. The zero-order valence-corrected chi connectivity index (χ0v) is 13.2. The van der Waals surface area contributed by atoms with E-state index < -0.39 is 0 Å². The highest BCUT2D eigenvalue weighted by molar-refractivity contribution is 5.79. The molecule has 0 bridgehead atoms. The summed E-state index contributed by atoms with van der Waals surface area (Å²) < 4.78 is 0. The minimum atomic E-state index is 0.00547. The molecule has 1 aliphatic heterocycles. The van der Waals surface area contributed by atoms with Gasteiger partial charge in [-0.15, -0.1) is 0 Å². The molecule has 1 saturated heterocycles. The van der Waals surface area contributed by atoms with E-state index >= 15 is 0 Å². The number of rotatable bonds is 6. The summed E-state index contributed by atoms with van der Waals surface area (Å²) in [5, 5.41) is 3.05. The Morgan fingerprint density at radius 2 is 2.05 bits per heavy atom. The van der Waals surface area contributed by atoms with Gasteiger partial charge in [0.15, 0.2) is 0 Å². The van der Waals surface area contributed by atoms with Crippen molar-refractivity contribution >= 4 is 11.8 Å². The summed E-state index contributed by atoms with van der Waals surface area (Å²) in [5.41, 5.74) is 5.94. The fourth-order valence-electron chi connectivity index (χ4n) is 3.69. The molecule has 0 radical (unpaired) electrons. The van der Waals surface area contributed by atoms with Crippen LogP contribution in [0.4, 0.5) is 0 Å². The maximum Gasteiger partial charge on any atom is 0.222 e. The maximum atomic E-state index is 12.3. The third-order valence-electron chi connectivity index (χ3n) is 4.96. The highest BCUT2D eigenvalue weighted by Gasteiger charge is 2.33. The molecule has 2 fully saturated rings. The van der Waals surface area contributed by atoms with Crippen molar-refractivity contribution in [3.63, 3.8) is 0 Å². The molecule has 2 aliphatic rings. The number of nitrogens with two attached hydrogens (primary N) is 1. The fraction of sp³-hybridized carbons (Fsp3) is 0.875. The largest absolute Gasteiger partial charge is 0.352 e. The summed E-state index contributed by atoms with van der Waals surface area (Å²) in [4.78, 5) is 25.7. The number of carbonyl (C=O) groups excluding carboxylic acids is 2. The standard InChI is InChI=1S/C16H29N3O2/c1-13(11-19-9-5-6-15(19)21)18-14(20)10-16(12-17)7-3-2-4-8-16/h13H,2-12,17H2,1H3,(H,18,20). The fourth-order valence-corrected chi connectivity index (χ4v) is 3.69. The van der Waals surface area contributed by atoms with E-state index in [4.69, 9.17) is 5.73 Å². The Hall–Kier alpha value is -1.10. The molecule has 1 aliphatic carbocycles. The van der Waals surface area contributed by atoms with Gasteiger partial charge in [-0.3, -0.25) is 9.59 Å². The van der Waals surface area contributed by atoms with E-state index in [1.807, 2.05) is 11.8 Å². The summed E-state index contributed by atoms with van der Waals surface area (Å²) in [6.07, 6.45) is 7.88. The van der Waals surface area contributed by atoms with E-state index in [0.717, 1.165) is 25.8 Å². The van der Waals surface area contributed by atoms with Crippen molar-refractivity contribution in [2.75, 3.05) is 19.6 Å². The molecule has 1 atom stereocenters. The van der Waals surface area contributed by atoms with Crippen LogP contribution in [-0.4, -0.2) is 42.4 Å². The molecule has 1 saturated carbocycles. The lowest BCUT2D eigenvalue weighted by molar-refractivity contribution is -0.129. The molecular formula is C16H29N3O2. The zero-order chi connectivity index (χ0) is 15.3. The first kappa shape index (κ1) is 16.3. The van der Waals surface area contributed by atoms with E-state index in [1.165, 1.54) is 19.3 Å². The topological polar surface area (TPSA) is 75.4 Å². The molecule has 0 aromatic carbocycles. The van der Waals surface area contributed by atoms with E-state index in [0.29, 0.717) is 25.9 Å². The number of hydrogen-bond donors (Lipinski definition) is 2. The molecule has 120 valence electrons. The number of nitrogens with one attached hydrogen (secondary N) is 1. The van der Waals surface area contributed by atoms with E-state index in [1.54, 1.807) is 0 Å². The van der Waals surface area contributed by atoms with Gasteiger partial charge in [-0.05, 0) is 38.1 Å². The quantitative estimate of drug-likeness (QED) is 0.778. The van der Waals surface area contributed by atoms with E-state index in [2.05, 4.69) is 5.32 Å². The van der Waals surface area contributed by atoms with Crippen molar-refractivity contribution in [2.45, 2.75) is 64.3 Å². The van der Waals surface area contributed by atoms with Crippen LogP contribution in [0, 0.1) is 5.41 Å². The highest BCUT2D eigenvalue weighted by Crippen LogP contribution is 2.38. The summed E-state index contributed by atoms with van der Waals surface area (Å²) in [6, 6.07) is 0.0120. The average Bonchev–Trinajstić information content (AvgIpc) is 2.85. The number of hydrogen-bond acceptors (Lipinski definition) is 3. The van der Waals surface area contributed by atoms with Gasteiger partial charge in [-0.2, -0.15) is 0 Å². The van der Waals surface area contributed by atoms with Gasteiger partial charge < -0.3 is 16.0 Å². The van der Waals surface area contributed by atoms with Crippen LogP contribution >= 0.6 is 0 Å². The third kappa shape index (κ3) is 4.43. The molecule has 2 rings (SSSR count). The zero-order valence-electron chi connectivity index (χ0n) is 13.2. The lowest BCUT2D eigenvalue weighted by atomic mass is 9.71. The summed E-state index contributed by atoms with van der Waals surface area (Å²) in [5.74, 6) is 0.295. The summed E-state index contributed by atoms with van der Waals surface area (Å²) >= 11 is 0. The van der Waals surface area contributed by atoms with Crippen molar-refractivity contribution in [1.29, 1.82) is 0 Å². The predicted octanol–water partition coefficient (Wildman–Crippen LogP) is 1.41. The normalized spacial score (nSPS) is 23.1. The van der Waals surface area contributed by atoms with Gasteiger partial charge in [-0.1, -0.05) is 19.3 Å². The summed E-state index contributed by atoms with van der Waals surface area (Å²) in [7, 11) is 0. The first-order valence-electron chi connectivity index (χ1n) is 8.32. The molecule has 1 unspecified atom stereocenters. The van der Waals surface area contributed by atoms with E-state index in [-0.39, 0.29) is 23.3 Å². The monoisotopic (exact) mass is 295 g/mol. The summed E-state index contributed by atoms with van der Waals surface area (Å²) in [6.45, 7) is 4.02. The van der Waals surface area contributed by atoms with Gasteiger partial charge in [0.2, 0.25) is 11.8 Å². The first-order valence-corrected chi connectivity index (χ1v) is 8.32. The second-order valence-electron chi connectivity index (χ2n) is 6.85. The molecule has 2 amide bonds. The van der Waals surface area contributed by atoms with Crippen molar-refractivity contribution in [2.24, 2.45) is 11.1 Å². The molecule has 5 heteroatoms. The van der Waals surface area contributed by atoms with Gasteiger partial charge in [0.05, 0.1) is 0 Å². The third-order valence-corrected chi connectivity index (χ3v) is 4.96. The molecule has 3 N–H and O–H groups in total. The smallest absolute Gasteiger partial charge is 0.222 e. The molecule has 0 aromatic heterocycles. The van der Waals surface area contributed by atoms with Gasteiger partial charge in [0.1, 0.15) is 0 Å².